The molecule has 0 radical (unpaired) electrons. The molecule has 1 atom stereocenters. The van der Waals surface area contributed by atoms with Crippen LogP contribution in [0.2, 0.25) is 0 Å². The van der Waals surface area contributed by atoms with Gasteiger partial charge in [0.2, 0.25) is 0 Å². The van der Waals surface area contributed by atoms with Crippen LogP contribution >= 0.6 is 9.24 Å². The van der Waals surface area contributed by atoms with E-state index in [1.807, 2.05) is 50.3 Å². The molecule has 1 heteroatoms. The molecule has 1 unspecified atom stereocenters. The first kappa shape index (κ1) is 17.5. The molecule has 0 fully saturated rings. The Labute approximate surface area is 104 Å². The van der Waals surface area contributed by atoms with E-state index in [9.17, 15) is 0 Å². The van der Waals surface area contributed by atoms with Gasteiger partial charge in [-0.3, -0.25) is 0 Å². The maximum atomic E-state index is 3.55. The van der Waals surface area contributed by atoms with E-state index < -0.39 is 0 Å². The molecular weight excluding hydrogens is 211 g/mol. The average molecular weight is 236 g/mol. The molecule has 0 aliphatic carbocycles. The smallest absolute Gasteiger partial charge is 0.0303 e. The van der Waals surface area contributed by atoms with Crippen molar-refractivity contribution in [1.29, 1.82) is 0 Å². The number of rotatable bonds is 3. The van der Waals surface area contributed by atoms with Crippen molar-refractivity contribution in [1.82, 2.24) is 0 Å². The van der Waals surface area contributed by atoms with Gasteiger partial charge in [0.15, 0.2) is 0 Å². The van der Waals surface area contributed by atoms with Crippen LogP contribution < -0.4 is 5.30 Å². The fraction of sp³-hybridized carbons (Fsp3) is 0.333. The van der Waals surface area contributed by atoms with E-state index in [1.165, 1.54) is 18.1 Å². The summed E-state index contributed by atoms with van der Waals surface area (Å²) in [6.07, 6.45) is 8.29. The van der Waals surface area contributed by atoms with Crippen molar-refractivity contribution >= 4 is 14.5 Å². The Bertz CT molecular complexity index is 249. The Kier molecular flexibility index (Phi) is 18.1. The van der Waals surface area contributed by atoms with Crippen LogP contribution in [0.4, 0.5) is 0 Å². The summed E-state index contributed by atoms with van der Waals surface area (Å²) in [7, 11) is 2.63. The minimum atomic E-state index is 1.17. The molecule has 0 spiro atoms. The van der Waals surface area contributed by atoms with Crippen LogP contribution in [0, 0.1) is 0 Å². The van der Waals surface area contributed by atoms with Gasteiger partial charge in [0.05, 0.1) is 0 Å². The van der Waals surface area contributed by atoms with Crippen LogP contribution in [-0.2, 0) is 0 Å². The number of hydrogen-bond acceptors (Lipinski definition) is 0. The molecule has 1 rings (SSSR count). The van der Waals surface area contributed by atoms with Gasteiger partial charge in [-0.2, -0.15) is 0 Å². The van der Waals surface area contributed by atoms with Gasteiger partial charge in [0.25, 0.3) is 0 Å². The number of benzene rings is 1. The van der Waals surface area contributed by atoms with Crippen molar-refractivity contribution in [3.63, 3.8) is 0 Å². The van der Waals surface area contributed by atoms with Crippen molar-refractivity contribution in [3.05, 3.63) is 55.1 Å². The van der Waals surface area contributed by atoms with Crippen LogP contribution in [0.3, 0.4) is 0 Å². The Hall–Kier alpha value is -0.870. The second-order valence-electron chi connectivity index (χ2n) is 2.86. The third-order valence-electron chi connectivity index (χ3n) is 1.53. The van der Waals surface area contributed by atoms with E-state index in [1.54, 1.807) is 6.08 Å². The molecule has 0 aromatic heterocycles. The third-order valence-corrected chi connectivity index (χ3v) is 1.91. The molecule has 0 bridgehead atoms. The highest BCUT2D eigenvalue weighted by Gasteiger charge is 1.72. The molecule has 16 heavy (non-hydrogen) atoms. The van der Waals surface area contributed by atoms with Crippen LogP contribution in [0.15, 0.2) is 55.1 Å². The highest BCUT2D eigenvalue weighted by Crippen LogP contribution is 1.87. The molecule has 90 valence electrons. The van der Waals surface area contributed by atoms with Gasteiger partial charge in [-0.05, 0) is 11.7 Å². The molecule has 0 saturated heterocycles. The highest BCUT2D eigenvalue weighted by molar-refractivity contribution is 7.27. The first-order chi connectivity index (χ1) is 7.81. The molecule has 0 heterocycles. The van der Waals surface area contributed by atoms with Crippen molar-refractivity contribution in [2.45, 2.75) is 33.6 Å². The van der Waals surface area contributed by atoms with Crippen LogP contribution in [-0.4, -0.2) is 0 Å². The summed E-state index contributed by atoms with van der Waals surface area (Å²) >= 11 is 0. The van der Waals surface area contributed by atoms with Crippen molar-refractivity contribution < 1.29 is 0 Å². The maximum Gasteiger partial charge on any atom is -0.0303 e. The molecule has 0 saturated carbocycles. The Balaban J connectivity index is 0. The summed E-state index contributed by atoms with van der Waals surface area (Å²) in [6, 6.07) is 10.1. The lowest BCUT2D eigenvalue weighted by molar-refractivity contribution is 0.959. The van der Waals surface area contributed by atoms with E-state index in [0.717, 1.165) is 0 Å². The van der Waals surface area contributed by atoms with E-state index >= 15 is 0 Å². The summed E-state index contributed by atoms with van der Waals surface area (Å²) in [4.78, 5) is 0. The summed E-state index contributed by atoms with van der Waals surface area (Å²) in [5.74, 6) is 0. The third kappa shape index (κ3) is 15.6. The Morgan fingerprint density at radius 2 is 1.75 bits per heavy atom. The summed E-state index contributed by atoms with van der Waals surface area (Å²) in [5, 5.41) is 1.24. The molecule has 0 amide bonds. The quantitative estimate of drug-likeness (QED) is 0.525. The highest BCUT2D eigenvalue weighted by atomic mass is 31.0. The largest absolute Gasteiger partial charge is 0.106 e. The molecule has 0 nitrogen and oxygen atoms in total. The zero-order chi connectivity index (χ0) is 12.6. The average Bonchev–Trinajstić information content (AvgIpc) is 2.34. The standard InChI is InChI=1S/C7H12.C6H7P.C2H6/c1-3-5-7-6-4-2;7-6-4-2-1-3-5-6;1-2/h3,5,7H,1,4,6H2,2H3;1-5H,7H2;1-2H3/b7-5-;;. The number of hydrogen-bond donors (Lipinski definition) is 0. The van der Waals surface area contributed by atoms with E-state index in [-0.39, 0.29) is 0 Å². The molecular formula is C15H25P. The van der Waals surface area contributed by atoms with Crippen molar-refractivity contribution in [2.75, 3.05) is 0 Å². The Morgan fingerprint density at radius 3 is 2.06 bits per heavy atom. The minimum Gasteiger partial charge on any atom is -0.106 e. The first-order valence-corrected chi connectivity index (χ1v) is 6.47. The summed E-state index contributed by atoms with van der Waals surface area (Å²) in [6.45, 7) is 9.71. The second kappa shape index (κ2) is 16.6. The first-order valence-electron chi connectivity index (χ1n) is 5.89. The van der Waals surface area contributed by atoms with E-state index in [2.05, 4.69) is 28.8 Å². The lowest BCUT2D eigenvalue weighted by Crippen LogP contribution is -1.82. The van der Waals surface area contributed by atoms with Crippen LogP contribution in [0.5, 0.6) is 0 Å². The predicted octanol–water partition coefficient (Wildman–Crippen LogP) is 4.74. The molecule has 1 aromatic carbocycles. The van der Waals surface area contributed by atoms with Gasteiger partial charge in [-0.25, -0.2) is 0 Å². The zero-order valence-electron chi connectivity index (χ0n) is 10.8. The molecule has 1 aromatic rings. The summed E-state index contributed by atoms with van der Waals surface area (Å²) in [5.41, 5.74) is 0. The fourth-order valence-electron chi connectivity index (χ4n) is 0.812. The van der Waals surface area contributed by atoms with Gasteiger partial charge in [-0.1, -0.05) is 82.3 Å². The molecule has 0 N–H and O–H groups in total. The minimum absolute atomic E-state index is 1.17. The number of allylic oxidation sites excluding steroid dienone is 3. The van der Waals surface area contributed by atoms with Crippen LogP contribution in [0.25, 0.3) is 0 Å². The molecule has 0 aliphatic rings. The fourth-order valence-corrected chi connectivity index (χ4v) is 1.03. The van der Waals surface area contributed by atoms with Crippen molar-refractivity contribution in [3.8, 4) is 0 Å². The van der Waals surface area contributed by atoms with Gasteiger partial charge >= 0.3 is 0 Å². The lowest BCUT2D eigenvalue weighted by Gasteiger charge is -1.82. The maximum absolute atomic E-state index is 3.55. The normalized spacial score (nSPS) is 8.50. The predicted molar refractivity (Wildman–Crippen MR) is 81.4 cm³/mol. The van der Waals surface area contributed by atoms with Gasteiger partial charge in [0, 0.05) is 0 Å². The van der Waals surface area contributed by atoms with Crippen molar-refractivity contribution in [2.24, 2.45) is 0 Å². The van der Waals surface area contributed by atoms with E-state index in [0.29, 0.717) is 0 Å². The Morgan fingerprint density at radius 1 is 1.19 bits per heavy atom. The monoisotopic (exact) mass is 236 g/mol. The van der Waals surface area contributed by atoms with Gasteiger partial charge < -0.3 is 0 Å². The molecule has 0 aliphatic heterocycles. The van der Waals surface area contributed by atoms with Crippen LogP contribution in [0.1, 0.15) is 33.6 Å². The summed E-state index contributed by atoms with van der Waals surface area (Å²) < 4.78 is 0. The zero-order valence-corrected chi connectivity index (χ0v) is 12.0. The lowest BCUT2D eigenvalue weighted by atomic mass is 10.3. The van der Waals surface area contributed by atoms with Gasteiger partial charge in [0.1, 0.15) is 0 Å². The SMILES string of the molecule is C=C/C=C\CCC.CC.Pc1ccccc1. The second-order valence-corrected chi connectivity index (χ2v) is 3.53. The van der Waals surface area contributed by atoms with E-state index in [4.69, 9.17) is 0 Å². The topological polar surface area (TPSA) is 0 Å². The number of unbranched alkanes of at least 4 members (excludes halogenated alkanes) is 1. The van der Waals surface area contributed by atoms with Gasteiger partial charge in [-0.15, -0.1) is 9.24 Å².